The molecule has 26 heavy (non-hydrogen) atoms. The minimum Gasteiger partial charge on any atom is -0.463 e. The molecule has 0 saturated carbocycles. The summed E-state index contributed by atoms with van der Waals surface area (Å²) in [4.78, 5) is 23.6. The Hall–Kier alpha value is -2.52. The van der Waals surface area contributed by atoms with Crippen molar-refractivity contribution in [3.05, 3.63) is 47.5 Å². The number of halogens is 6. The van der Waals surface area contributed by atoms with Crippen molar-refractivity contribution in [1.82, 2.24) is 5.32 Å². The van der Waals surface area contributed by atoms with Gasteiger partial charge in [0.15, 0.2) is 0 Å². The maximum absolute atomic E-state index is 13.5. The number of hydrogen-bond acceptors (Lipinski definition) is 3. The van der Waals surface area contributed by atoms with Crippen LogP contribution in [0.5, 0.6) is 0 Å². The second-order valence-electron chi connectivity index (χ2n) is 5.26. The van der Waals surface area contributed by atoms with Crippen LogP contribution >= 0.6 is 0 Å². The van der Waals surface area contributed by atoms with E-state index < -0.39 is 47.5 Å². The zero-order valence-electron chi connectivity index (χ0n) is 13.7. The van der Waals surface area contributed by atoms with Gasteiger partial charge in [0.25, 0.3) is 11.4 Å². The van der Waals surface area contributed by atoms with Gasteiger partial charge in [-0.15, -0.1) is 0 Å². The van der Waals surface area contributed by atoms with E-state index in [2.05, 4.69) is 11.3 Å². The van der Waals surface area contributed by atoms with Crippen LogP contribution in [0.15, 0.2) is 36.4 Å². The highest BCUT2D eigenvalue weighted by Gasteiger charge is 2.74. The quantitative estimate of drug-likeness (QED) is 0.479. The van der Waals surface area contributed by atoms with E-state index in [4.69, 9.17) is 0 Å². The fourth-order valence-electron chi connectivity index (χ4n) is 2.04. The Kier molecular flexibility index (Phi) is 6.11. The van der Waals surface area contributed by atoms with Crippen molar-refractivity contribution in [1.29, 1.82) is 0 Å². The molecule has 1 rings (SSSR count). The first-order valence-corrected chi connectivity index (χ1v) is 7.17. The van der Waals surface area contributed by atoms with Crippen LogP contribution in [0.25, 0.3) is 0 Å². The Morgan fingerprint density at radius 3 is 1.88 bits per heavy atom. The SMILES string of the molecule is C=C(C(=O)OCC)C(NC(=O)c1ccc(C)cc1)(C(F)(F)F)C(F)(F)F. The van der Waals surface area contributed by atoms with Crippen molar-refractivity contribution in [2.24, 2.45) is 0 Å². The molecule has 0 bridgehead atoms. The summed E-state index contributed by atoms with van der Waals surface area (Å²) in [6.07, 6.45) is -12.2. The summed E-state index contributed by atoms with van der Waals surface area (Å²) in [6, 6.07) is 4.76. The summed E-state index contributed by atoms with van der Waals surface area (Å²) >= 11 is 0. The molecular weight excluding hydrogens is 368 g/mol. The summed E-state index contributed by atoms with van der Waals surface area (Å²) in [6.45, 7) is 4.94. The van der Waals surface area contributed by atoms with Crippen LogP contribution in [0.2, 0.25) is 0 Å². The lowest BCUT2D eigenvalue weighted by Gasteiger charge is -2.38. The van der Waals surface area contributed by atoms with Gasteiger partial charge in [-0.05, 0) is 26.0 Å². The van der Waals surface area contributed by atoms with Gasteiger partial charge < -0.3 is 10.1 Å². The largest absolute Gasteiger partial charge is 0.463 e. The van der Waals surface area contributed by atoms with Gasteiger partial charge in [-0.3, -0.25) is 4.79 Å². The van der Waals surface area contributed by atoms with E-state index in [1.165, 1.54) is 19.1 Å². The third kappa shape index (κ3) is 4.00. The summed E-state index contributed by atoms with van der Waals surface area (Å²) in [5, 5.41) is 0.896. The maximum atomic E-state index is 13.5. The van der Waals surface area contributed by atoms with Gasteiger partial charge in [0, 0.05) is 5.56 Å². The summed E-state index contributed by atoms with van der Waals surface area (Å²) in [7, 11) is 0. The zero-order valence-corrected chi connectivity index (χ0v) is 13.7. The monoisotopic (exact) mass is 383 g/mol. The molecule has 0 radical (unpaired) electrons. The van der Waals surface area contributed by atoms with Crippen LogP contribution in [0.3, 0.4) is 0 Å². The first-order valence-electron chi connectivity index (χ1n) is 7.17. The minimum absolute atomic E-state index is 0.454. The molecule has 1 amide bonds. The average Bonchev–Trinajstić information content (AvgIpc) is 2.50. The predicted octanol–water partition coefficient (Wildman–Crippen LogP) is 3.71. The number of alkyl halides is 6. The molecule has 10 heteroatoms. The van der Waals surface area contributed by atoms with Crippen molar-refractivity contribution < 1.29 is 40.7 Å². The van der Waals surface area contributed by atoms with Crippen molar-refractivity contribution in [2.75, 3.05) is 6.61 Å². The first-order chi connectivity index (χ1) is 11.8. The van der Waals surface area contributed by atoms with Crippen LogP contribution < -0.4 is 5.32 Å². The lowest BCUT2D eigenvalue weighted by atomic mass is 9.88. The fraction of sp³-hybridized carbons (Fsp3) is 0.375. The van der Waals surface area contributed by atoms with Crippen LogP contribution in [0.4, 0.5) is 26.3 Å². The molecule has 0 fully saturated rings. The molecule has 0 aliphatic heterocycles. The fourth-order valence-corrected chi connectivity index (χ4v) is 2.04. The number of benzene rings is 1. The number of hydrogen-bond donors (Lipinski definition) is 1. The first kappa shape index (κ1) is 21.5. The Balaban J connectivity index is 3.48. The van der Waals surface area contributed by atoms with Crippen molar-refractivity contribution in [3.8, 4) is 0 Å². The molecular formula is C16H15F6NO3. The predicted molar refractivity (Wildman–Crippen MR) is 79.3 cm³/mol. The molecule has 0 aliphatic carbocycles. The van der Waals surface area contributed by atoms with E-state index >= 15 is 0 Å². The van der Waals surface area contributed by atoms with Gasteiger partial charge in [-0.25, -0.2) is 4.79 Å². The summed E-state index contributed by atoms with van der Waals surface area (Å²) in [5.74, 6) is -3.60. The molecule has 144 valence electrons. The van der Waals surface area contributed by atoms with Gasteiger partial charge in [0.05, 0.1) is 12.2 Å². The molecule has 1 aromatic carbocycles. The molecule has 0 spiro atoms. The van der Waals surface area contributed by atoms with E-state index in [-0.39, 0.29) is 0 Å². The van der Waals surface area contributed by atoms with Gasteiger partial charge in [0.1, 0.15) is 0 Å². The second-order valence-corrected chi connectivity index (χ2v) is 5.26. The highest BCUT2D eigenvalue weighted by molar-refractivity contribution is 5.98. The number of esters is 1. The van der Waals surface area contributed by atoms with Crippen LogP contribution in [0.1, 0.15) is 22.8 Å². The Bertz CT molecular complexity index is 677. The number of carbonyl (C=O) groups is 2. The smallest absolute Gasteiger partial charge is 0.425 e. The average molecular weight is 383 g/mol. The van der Waals surface area contributed by atoms with Gasteiger partial charge in [-0.1, -0.05) is 24.3 Å². The molecule has 0 aliphatic rings. The number of aryl methyl sites for hydroxylation is 1. The van der Waals surface area contributed by atoms with Crippen LogP contribution in [-0.2, 0) is 9.53 Å². The number of nitrogens with one attached hydrogen (secondary N) is 1. The van der Waals surface area contributed by atoms with Gasteiger partial charge in [0.2, 0.25) is 0 Å². The molecule has 0 heterocycles. The van der Waals surface area contributed by atoms with Crippen molar-refractivity contribution >= 4 is 11.9 Å². The van der Waals surface area contributed by atoms with Gasteiger partial charge >= 0.3 is 18.3 Å². The molecule has 0 saturated heterocycles. The molecule has 1 aromatic rings. The maximum Gasteiger partial charge on any atom is 0.425 e. The van der Waals surface area contributed by atoms with Gasteiger partial charge in [-0.2, -0.15) is 26.3 Å². The molecule has 0 aromatic heterocycles. The number of carbonyl (C=O) groups excluding carboxylic acids is 2. The standard InChI is InChI=1S/C16H15F6NO3/c1-4-26-13(25)10(3)14(15(17,18)19,16(20,21)22)23-12(24)11-7-5-9(2)6-8-11/h5-8H,3-4H2,1-2H3,(H,23,24). The summed E-state index contributed by atoms with van der Waals surface area (Å²) < 4.78 is 85.0. The topological polar surface area (TPSA) is 55.4 Å². The van der Waals surface area contributed by atoms with Crippen molar-refractivity contribution in [3.63, 3.8) is 0 Å². The van der Waals surface area contributed by atoms with Crippen LogP contribution in [-0.4, -0.2) is 36.4 Å². The minimum atomic E-state index is -6.10. The van der Waals surface area contributed by atoms with E-state index in [0.29, 0.717) is 5.56 Å². The van der Waals surface area contributed by atoms with E-state index in [0.717, 1.165) is 17.4 Å². The second kappa shape index (κ2) is 7.38. The zero-order chi connectivity index (χ0) is 20.3. The highest BCUT2D eigenvalue weighted by Crippen LogP contribution is 2.47. The third-order valence-electron chi connectivity index (χ3n) is 3.44. The Morgan fingerprint density at radius 1 is 1.04 bits per heavy atom. The van der Waals surface area contributed by atoms with Crippen LogP contribution in [0, 0.1) is 6.92 Å². The highest BCUT2D eigenvalue weighted by atomic mass is 19.4. The summed E-state index contributed by atoms with van der Waals surface area (Å²) in [5.41, 5.74) is -6.80. The number of amides is 1. The third-order valence-corrected chi connectivity index (χ3v) is 3.44. The van der Waals surface area contributed by atoms with E-state index in [9.17, 15) is 35.9 Å². The van der Waals surface area contributed by atoms with E-state index in [1.54, 1.807) is 6.92 Å². The van der Waals surface area contributed by atoms with Crippen molar-refractivity contribution in [2.45, 2.75) is 31.7 Å². The molecule has 0 atom stereocenters. The lowest BCUT2D eigenvalue weighted by Crippen LogP contribution is -2.69. The lowest BCUT2D eigenvalue weighted by molar-refractivity contribution is -0.291. The van der Waals surface area contributed by atoms with E-state index in [1.807, 2.05) is 0 Å². The number of rotatable bonds is 5. The molecule has 1 N–H and O–H groups in total. The normalized spacial score (nSPS) is 12.5. The number of ether oxygens (including phenoxy) is 1. The molecule has 4 nitrogen and oxygen atoms in total. The molecule has 0 unspecified atom stereocenters. The Morgan fingerprint density at radius 2 is 1.50 bits per heavy atom. The Labute approximate surface area is 144 Å².